The van der Waals surface area contributed by atoms with Gasteiger partial charge in [-0.2, -0.15) is 13.2 Å². The number of aromatic amines is 1. The monoisotopic (exact) mass is 271 g/mol. The van der Waals surface area contributed by atoms with Crippen LogP contribution in [-0.4, -0.2) is 18.1 Å². The largest absolute Gasteiger partial charge is 0.465 e. The lowest BCUT2D eigenvalue weighted by Gasteiger charge is -2.10. The third-order valence-corrected chi connectivity index (χ3v) is 3.12. The van der Waals surface area contributed by atoms with Gasteiger partial charge in [-0.3, -0.25) is 0 Å². The second kappa shape index (κ2) is 4.29. The average molecular weight is 271 g/mol. The topological polar surface area (TPSA) is 42.1 Å². The Balaban J connectivity index is 2.77. The smallest absolute Gasteiger partial charge is 0.416 e. The predicted molar refractivity (Wildman–Crippen MR) is 64.1 cm³/mol. The molecule has 0 fully saturated rings. The molecule has 0 amide bonds. The Morgan fingerprint density at radius 3 is 2.42 bits per heavy atom. The van der Waals surface area contributed by atoms with Gasteiger partial charge in [0.05, 0.1) is 23.8 Å². The van der Waals surface area contributed by atoms with Crippen LogP contribution in [0.1, 0.15) is 27.2 Å². The molecule has 0 aliphatic carbocycles. The Morgan fingerprint density at radius 1 is 1.26 bits per heavy atom. The predicted octanol–water partition coefficient (Wildman–Crippen LogP) is 3.59. The fraction of sp³-hybridized carbons (Fsp3) is 0.308. The number of esters is 1. The van der Waals surface area contributed by atoms with E-state index in [9.17, 15) is 18.0 Å². The minimum atomic E-state index is -4.41. The van der Waals surface area contributed by atoms with Gasteiger partial charge in [-0.25, -0.2) is 4.79 Å². The van der Waals surface area contributed by atoms with Gasteiger partial charge < -0.3 is 9.72 Å². The number of aromatic nitrogens is 1. The van der Waals surface area contributed by atoms with E-state index >= 15 is 0 Å². The molecule has 2 rings (SSSR count). The standard InChI is InChI=1S/C13H12F3NO2/c1-6-9(13(14,15)16)5-4-8-10(12(18)19-3)7(2)17-11(6)8/h4-5,17H,1-3H3. The molecule has 3 nitrogen and oxygen atoms in total. The lowest BCUT2D eigenvalue weighted by molar-refractivity contribution is -0.137. The van der Waals surface area contributed by atoms with Gasteiger partial charge in [0.15, 0.2) is 0 Å². The number of benzene rings is 1. The molecule has 102 valence electrons. The molecular formula is C13H12F3NO2. The number of nitrogens with one attached hydrogen (secondary N) is 1. The van der Waals surface area contributed by atoms with E-state index in [2.05, 4.69) is 9.72 Å². The summed E-state index contributed by atoms with van der Waals surface area (Å²) in [6.07, 6.45) is -4.41. The van der Waals surface area contributed by atoms with E-state index in [0.717, 1.165) is 6.07 Å². The lowest BCUT2D eigenvalue weighted by Crippen LogP contribution is -2.07. The van der Waals surface area contributed by atoms with Crippen LogP contribution in [0.15, 0.2) is 12.1 Å². The van der Waals surface area contributed by atoms with Crippen LogP contribution >= 0.6 is 0 Å². The van der Waals surface area contributed by atoms with Gasteiger partial charge in [0.2, 0.25) is 0 Å². The number of H-pyrrole nitrogens is 1. The number of methoxy groups -OCH3 is 1. The van der Waals surface area contributed by atoms with Crippen LogP contribution in [0.3, 0.4) is 0 Å². The van der Waals surface area contributed by atoms with E-state index in [-0.39, 0.29) is 11.1 Å². The van der Waals surface area contributed by atoms with Crippen molar-refractivity contribution in [2.45, 2.75) is 20.0 Å². The zero-order valence-electron chi connectivity index (χ0n) is 10.6. The zero-order valence-corrected chi connectivity index (χ0v) is 10.6. The molecule has 1 aromatic heterocycles. The first-order valence-corrected chi connectivity index (χ1v) is 5.54. The van der Waals surface area contributed by atoms with E-state index in [1.807, 2.05) is 0 Å². The van der Waals surface area contributed by atoms with Gasteiger partial charge in [0.25, 0.3) is 0 Å². The third kappa shape index (κ3) is 2.07. The van der Waals surface area contributed by atoms with E-state index in [1.54, 1.807) is 6.92 Å². The number of carbonyl (C=O) groups excluding carboxylic acids is 1. The Labute approximate surface area is 107 Å². The second-order valence-corrected chi connectivity index (χ2v) is 4.28. The summed E-state index contributed by atoms with van der Waals surface area (Å²) in [5, 5.41) is 0.440. The highest BCUT2D eigenvalue weighted by Gasteiger charge is 2.33. The molecule has 2 aromatic rings. The van der Waals surface area contributed by atoms with Crippen molar-refractivity contribution in [3.63, 3.8) is 0 Å². The lowest BCUT2D eigenvalue weighted by atomic mass is 10.0. The molecule has 6 heteroatoms. The molecule has 0 radical (unpaired) electrons. The fourth-order valence-corrected chi connectivity index (χ4v) is 2.21. The molecular weight excluding hydrogens is 259 g/mol. The highest BCUT2D eigenvalue weighted by molar-refractivity contribution is 6.06. The minimum absolute atomic E-state index is 0.0725. The van der Waals surface area contributed by atoms with Crippen LogP contribution in [0, 0.1) is 13.8 Å². The van der Waals surface area contributed by atoms with Crippen molar-refractivity contribution in [2.24, 2.45) is 0 Å². The maximum atomic E-state index is 12.8. The Hall–Kier alpha value is -1.98. The van der Waals surface area contributed by atoms with Crippen molar-refractivity contribution in [1.82, 2.24) is 4.98 Å². The van der Waals surface area contributed by atoms with Crippen LogP contribution in [0.2, 0.25) is 0 Å². The molecule has 0 saturated carbocycles. The van der Waals surface area contributed by atoms with Crippen molar-refractivity contribution in [2.75, 3.05) is 7.11 Å². The van der Waals surface area contributed by atoms with Crippen LogP contribution in [-0.2, 0) is 10.9 Å². The molecule has 0 atom stereocenters. The minimum Gasteiger partial charge on any atom is -0.465 e. The Bertz CT molecular complexity index is 656. The number of halogens is 3. The fourth-order valence-electron chi connectivity index (χ4n) is 2.21. The number of fused-ring (bicyclic) bond motifs is 1. The molecule has 0 aliphatic rings. The number of rotatable bonds is 1. The summed E-state index contributed by atoms with van der Waals surface area (Å²) in [4.78, 5) is 14.5. The van der Waals surface area contributed by atoms with E-state index in [0.29, 0.717) is 16.6 Å². The average Bonchev–Trinajstić information content (AvgIpc) is 2.64. The maximum Gasteiger partial charge on any atom is 0.416 e. The summed E-state index contributed by atoms with van der Waals surface area (Å²) in [6, 6.07) is 2.28. The number of hydrogen-bond donors (Lipinski definition) is 1. The molecule has 1 N–H and O–H groups in total. The number of carbonyl (C=O) groups is 1. The first kappa shape index (κ1) is 13.5. The molecule has 0 aliphatic heterocycles. The molecule has 0 bridgehead atoms. The normalized spacial score (nSPS) is 11.9. The van der Waals surface area contributed by atoms with E-state index < -0.39 is 17.7 Å². The first-order chi connectivity index (χ1) is 8.77. The first-order valence-electron chi connectivity index (χ1n) is 5.54. The number of alkyl halides is 3. The van der Waals surface area contributed by atoms with Gasteiger partial charge in [0.1, 0.15) is 0 Å². The molecule has 0 spiro atoms. The Morgan fingerprint density at radius 2 is 1.89 bits per heavy atom. The van der Waals surface area contributed by atoms with E-state index in [1.165, 1.54) is 20.1 Å². The van der Waals surface area contributed by atoms with Gasteiger partial charge >= 0.3 is 12.1 Å². The van der Waals surface area contributed by atoms with E-state index in [4.69, 9.17) is 0 Å². The van der Waals surface area contributed by atoms with Crippen LogP contribution < -0.4 is 0 Å². The Kier molecular flexibility index (Phi) is 3.04. The van der Waals surface area contributed by atoms with Crippen LogP contribution in [0.4, 0.5) is 13.2 Å². The molecule has 0 unspecified atom stereocenters. The summed E-state index contributed by atoms with van der Waals surface area (Å²) >= 11 is 0. The van der Waals surface area contributed by atoms with Crippen molar-refractivity contribution in [3.05, 3.63) is 34.5 Å². The quantitative estimate of drug-likeness (QED) is 0.805. The molecule has 19 heavy (non-hydrogen) atoms. The highest BCUT2D eigenvalue weighted by atomic mass is 19.4. The van der Waals surface area contributed by atoms with Gasteiger partial charge in [-0.1, -0.05) is 6.07 Å². The van der Waals surface area contributed by atoms with Crippen molar-refractivity contribution < 1.29 is 22.7 Å². The number of hydrogen-bond acceptors (Lipinski definition) is 2. The number of aryl methyl sites for hydroxylation is 2. The van der Waals surface area contributed by atoms with Crippen molar-refractivity contribution in [1.29, 1.82) is 0 Å². The van der Waals surface area contributed by atoms with Crippen molar-refractivity contribution >= 4 is 16.9 Å². The van der Waals surface area contributed by atoms with Gasteiger partial charge in [-0.05, 0) is 25.5 Å². The summed E-state index contributed by atoms with van der Waals surface area (Å²) in [6.45, 7) is 3.00. The molecule has 1 heterocycles. The molecule has 0 saturated heterocycles. The van der Waals surface area contributed by atoms with Crippen molar-refractivity contribution in [3.8, 4) is 0 Å². The second-order valence-electron chi connectivity index (χ2n) is 4.28. The van der Waals surface area contributed by atoms with Crippen LogP contribution in [0.25, 0.3) is 10.9 Å². The summed E-state index contributed by atoms with van der Waals surface area (Å²) in [5.74, 6) is -0.567. The number of ether oxygens (including phenoxy) is 1. The third-order valence-electron chi connectivity index (χ3n) is 3.12. The van der Waals surface area contributed by atoms with Crippen LogP contribution in [0.5, 0.6) is 0 Å². The molecule has 1 aromatic carbocycles. The maximum absolute atomic E-state index is 12.8. The summed E-state index contributed by atoms with van der Waals surface area (Å²) in [7, 11) is 1.23. The summed E-state index contributed by atoms with van der Waals surface area (Å²) < 4.78 is 43.0. The summed E-state index contributed by atoms with van der Waals surface area (Å²) in [5.41, 5.74) is 0.437. The zero-order chi connectivity index (χ0) is 14.4. The highest BCUT2D eigenvalue weighted by Crippen LogP contribution is 2.36. The van der Waals surface area contributed by atoms with Gasteiger partial charge in [0, 0.05) is 11.1 Å². The van der Waals surface area contributed by atoms with Gasteiger partial charge in [-0.15, -0.1) is 0 Å². The SMILES string of the molecule is COC(=O)c1c(C)[nH]c2c(C)c(C(F)(F)F)ccc12.